The topological polar surface area (TPSA) is 46.5 Å². The Balaban J connectivity index is 2.70. The Morgan fingerprint density at radius 3 is 2.82 bits per heavy atom. The van der Waals surface area contributed by atoms with E-state index in [9.17, 15) is 9.90 Å². The zero-order valence-corrected chi connectivity index (χ0v) is 11.1. The molecule has 98 valence electrons. The molecule has 0 bridgehead atoms. The van der Waals surface area contributed by atoms with Crippen LogP contribution in [0.5, 0.6) is 0 Å². The van der Waals surface area contributed by atoms with Crippen LogP contribution in [0.2, 0.25) is 0 Å². The molecule has 1 rings (SSSR count). The quantitative estimate of drug-likeness (QED) is 0.456. The number of carbonyl (C=O) groups excluding carboxylic acids is 1. The van der Waals surface area contributed by atoms with Crippen molar-refractivity contribution in [3.8, 4) is 0 Å². The third kappa shape index (κ3) is 3.84. The van der Waals surface area contributed by atoms with Crippen molar-refractivity contribution in [1.82, 2.24) is 0 Å². The summed E-state index contributed by atoms with van der Waals surface area (Å²) in [6.45, 7) is 4.08. The molecule has 3 heteroatoms. The highest BCUT2D eigenvalue weighted by molar-refractivity contribution is 5.76. The molecule has 0 spiro atoms. The van der Waals surface area contributed by atoms with E-state index >= 15 is 0 Å². The van der Waals surface area contributed by atoms with E-state index in [2.05, 4.69) is 6.92 Å². The highest BCUT2D eigenvalue weighted by Crippen LogP contribution is 2.35. The molecule has 0 radical (unpaired) electrons. The second kappa shape index (κ2) is 6.80. The van der Waals surface area contributed by atoms with Gasteiger partial charge in [-0.3, -0.25) is 4.79 Å². The fourth-order valence-corrected chi connectivity index (χ4v) is 2.74. The Kier molecular flexibility index (Phi) is 5.69. The molecule has 0 saturated carbocycles. The van der Waals surface area contributed by atoms with Crippen LogP contribution in [-0.2, 0) is 9.53 Å². The molecular weight excluding hydrogens is 216 g/mol. The number of carbonyl (C=O) groups is 1. The standard InChI is InChI=1S/C14H24O3/c1-4-5-6-7-11-9-12(15)8-10(2)13(11)14(16)17-3/h8,11-13,15H,4-7,9H2,1-3H3/t11-,12-,13-/m1/s1. The minimum absolute atomic E-state index is 0.153. The maximum atomic E-state index is 11.8. The van der Waals surface area contributed by atoms with E-state index in [1.807, 2.05) is 6.92 Å². The molecule has 0 aromatic carbocycles. The van der Waals surface area contributed by atoms with Gasteiger partial charge in [0.05, 0.1) is 19.1 Å². The third-order valence-corrected chi connectivity index (χ3v) is 3.60. The second-order valence-corrected chi connectivity index (χ2v) is 4.97. The van der Waals surface area contributed by atoms with Crippen LogP contribution in [0.1, 0.15) is 46.0 Å². The van der Waals surface area contributed by atoms with Gasteiger partial charge in [-0.05, 0) is 25.7 Å². The number of unbranched alkanes of at least 4 members (excludes halogenated alkanes) is 2. The number of hydrogen-bond acceptors (Lipinski definition) is 3. The molecule has 3 atom stereocenters. The summed E-state index contributed by atoms with van der Waals surface area (Å²) in [5, 5.41) is 9.75. The SMILES string of the molecule is CCCCC[C@@H]1C[C@H](O)C=C(C)[C@H]1C(=O)OC. The molecule has 0 saturated heterocycles. The first kappa shape index (κ1) is 14.2. The van der Waals surface area contributed by atoms with Gasteiger partial charge >= 0.3 is 5.97 Å². The van der Waals surface area contributed by atoms with Crippen molar-refractivity contribution in [1.29, 1.82) is 0 Å². The summed E-state index contributed by atoms with van der Waals surface area (Å²) in [5.74, 6) is -0.0820. The van der Waals surface area contributed by atoms with Crippen molar-refractivity contribution in [3.05, 3.63) is 11.6 Å². The van der Waals surface area contributed by atoms with Crippen LogP contribution in [0.25, 0.3) is 0 Å². The average Bonchev–Trinajstić information content (AvgIpc) is 2.28. The van der Waals surface area contributed by atoms with Crippen molar-refractivity contribution in [3.63, 3.8) is 0 Å². The molecule has 3 nitrogen and oxygen atoms in total. The van der Waals surface area contributed by atoms with Crippen LogP contribution in [0.3, 0.4) is 0 Å². The molecule has 1 N–H and O–H groups in total. The monoisotopic (exact) mass is 240 g/mol. The lowest BCUT2D eigenvalue weighted by molar-refractivity contribution is -0.146. The van der Waals surface area contributed by atoms with Crippen LogP contribution < -0.4 is 0 Å². The van der Waals surface area contributed by atoms with Crippen molar-refractivity contribution in [2.45, 2.75) is 52.1 Å². The lowest BCUT2D eigenvalue weighted by Gasteiger charge is -2.31. The van der Waals surface area contributed by atoms with Gasteiger partial charge in [0.1, 0.15) is 0 Å². The minimum atomic E-state index is -0.400. The predicted molar refractivity (Wildman–Crippen MR) is 67.5 cm³/mol. The number of hydrogen-bond donors (Lipinski definition) is 1. The second-order valence-electron chi connectivity index (χ2n) is 4.97. The van der Waals surface area contributed by atoms with Gasteiger partial charge in [-0.25, -0.2) is 0 Å². The Hall–Kier alpha value is -0.830. The molecular formula is C14H24O3. The molecule has 0 aromatic heterocycles. The van der Waals surface area contributed by atoms with Crippen LogP contribution in [0.15, 0.2) is 11.6 Å². The lowest BCUT2D eigenvalue weighted by atomic mass is 9.75. The highest BCUT2D eigenvalue weighted by Gasteiger charge is 2.34. The molecule has 0 unspecified atom stereocenters. The van der Waals surface area contributed by atoms with Gasteiger partial charge in [-0.15, -0.1) is 0 Å². The van der Waals surface area contributed by atoms with Gasteiger partial charge in [-0.1, -0.05) is 37.8 Å². The lowest BCUT2D eigenvalue weighted by Crippen LogP contribution is -2.32. The first-order valence-corrected chi connectivity index (χ1v) is 6.54. The molecule has 0 amide bonds. The summed E-state index contributed by atoms with van der Waals surface area (Å²) in [6, 6.07) is 0. The molecule has 0 heterocycles. The van der Waals surface area contributed by atoms with Gasteiger partial charge in [-0.2, -0.15) is 0 Å². The van der Waals surface area contributed by atoms with Crippen LogP contribution >= 0.6 is 0 Å². The highest BCUT2D eigenvalue weighted by atomic mass is 16.5. The maximum absolute atomic E-state index is 11.8. The van der Waals surface area contributed by atoms with E-state index in [1.54, 1.807) is 6.08 Å². The first-order valence-electron chi connectivity index (χ1n) is 6.54. The molecule has 0 aromatic rings. The van der Waals surface area contributed by atoms with E-state index in [0.29, 0.717) is 6.42 Å². The van der Waals surface area contributed by atoms with E-state index in [1.165, 1.54) is 20.0 Å². The molecule has 0 aliphatic heterocycles. The number of esters is 1. The Morgan fingerprint density at radius 2 is 2.24 bits per heavy atom. The number of aliphatic hydroxyl groups is 1. The van der Waals surface area contributed by atoms with Crippen molar-refractivity contribution in [2.75, 3.05) is 7.11 Å². The zero-order valence-electron chi connectivity index (χ0n) is 11.1. The van der Waals surface area contributed by atoms with Gasteiger partial charge in [0.15, 0.2) is 0 Å². The van der Waals surface area contributed by atoms with Crippen molar-refractivity contribution in [2.24, 2.45) is 11.8 Å². The van der Waals surface area contributed by atoms with E-state index in [-0.39, 0.29) is 17.8 Å². The summed E-state index contributed by atoms with van der Waals surface area (Å²) < 4.78 is 4.87. The summed E-state index contributed by atoms with van der Waals surface area (Å²) in [5.41, 5.74) is 0.956. The maximum Gasteiger partial charge on any atom is 0.313 e. The van der Waals surface area contributed by atoms with Gasteiger partial charge < -0.3 is 9.84 Å². The molecule has 1 aliphatic carbocycles. The van der Waals surface area contributed by atoms with E-state index < -0.39 is 6.10 Å². The van der Waals surface area contributed by atoms with E-state index in [4.69, 9.17) is 4.74 Å². The molecule has 17 heavy (non-hydrogen) atoms. The average molecular weight is 240 g/mol. The third-order valence-electron chi connectivity index (χ3n) is 3.60. The Bertz CT molecular complexity index is 283. The smallest absolute Gasteiger partial charge is 0.313 e. The van der Waals surface area contributed by atoms with Crippen molar-refractivity contribution >= 4 is 5.97 Å². The minimum Gasteiger partial charge on any atom is -0.469 e. The fourth-order valence-electron chi connectivity index (χ4n) is 2.74. The summed E-state index contributed by atoms with van der Waals surface area (Å²) >= 11 is 0. The zero-order chi connectivity index (χ0) is 12.8. The van der Waals surface area contributed by atoms with Gasteiger partial charge in [0.25, 0.3) is 0 Å². The number of ether oxygens (including phenoxy) is 1. The van der Waals surface area contributed by atoms with Crippen LogP contribution in [0.4, 0.5) is 0 Å². The summed E-state index contributed by atoms with van der Waals surface area (Å²) in [4.78, 5) is 11.8. The van der Waals surface area contributed by atoms with E-state index in [0.717, 1.165) is 18.4 Å². The molecule has 0 fully saturated rings. The van der Waals surface area contributed by atoms with Crippen molar-refractivity contribution < 1.29 is 14.6 Å². The summed E-state index contributed by atoms with van der Waals surface area (Å²) in [7, 11) is 1.43. The normalized spacial score (nSPS) is 28.7. The largest absolute Gasteiger partial charge is 0.469 e. The number of methoxy groups -OCH3 is 1. The van der Waals surface area contributed by atoms with Crippen LogP contribution in [-0.4, -0.2) is 24.3 Å². The number of rotatable bonds is 5. The predicted octanol–water partition coefficient (Wildman–Crippen LogP) is 2.68. The fraction of sp³-hybridized carbons (Fsp3) is 0.786. The first-order chi connectivity index (χ1) is 8.10. The Morgan fingerprint density at radius 1 is 1.53 bits per heavy atom. The number of aliphatic hydroxyl groups excluding tert-OH is 1. The van der Waals surface area contributed by atoms with Gasteiger partial charge in [0.2, 0.25) is 0 Å². The molecule has 1 aliphatic rings. The van der Waals surface area contributed by atoms with Gasteiger partial charge in [0, 0.05) is 0 Å². The Labute approximate surface area is 104 Å². The van der Waals surface area contributed by atoms with Crippen LogP contribution in [0, 0.1) is 11.8 Å². The summed E-state index contributed by atoms with van der Waals surface area (Å²) in [6.07, 6.45) is 6.54.